The molecule has 0 bridgehead atoms. The summed E-state index contributed by atoms with van der Waals surface area (Å²) < 4.78 is 2.85. The van der Waals surface area contributed by atoms with Crippen LogP contribution in [0.4, 0.5) is 5.69 Å². The number of aryl methyl sites for hydroxylation is 2. The van der Waals surface area contributed by atoms with E-state index in [2.05, 4.69) is 15.5 Å². The van der Waals surface area contributed by atoms with Crippen molar-refractivity contribution in [3.8, 4) is 0 Å². The van der Waals surface area contributed by atoms with Crippen molar-refractivity contribution in [2.24, 2.45) is 0 Å². The van der Waals surface area contributed by atoms with Crippen molar-refractivity contribution in [3.63, 3.8) is 0 Å². The van der Waals surface area contributed by atoms with Crippen molar-refractivity contribution in [1.29, 1.82) is 0 Å². The van der Waals surface area contributed by atoms with E-state index in [9.17, 15) is 14.9 Å². The second-order valence-corrected chi connectivity index (χ2v) is 6.72. The van der Waals surface area contributed by atoms with E-state index in [-0.39, 0.29) is 11.6 Å². The molecule has 0 aliphatic heterocycles. The minimum Gasteiger partial charge on any atom is -0.354 e. The smallest absolute Gasteiger partial charge is 0.307 e. The van der Waals surface area contributed by atoms with E-state index < -0.39 is 10.5 Å². The largest absolute Gasteiger partial charge is 0.354 e. The quantitative estimate of drug-likeness (QED) is 0.445. The third kappa shape index (κ3) is 4.10. The Bertz CT molecular complexity index is 799. The van der Waals surface area contributed by atoms with Crippen LogP contribution in [0.15, 0.2) is 12.4 Å². The molecule has 9 nitrogen and oxygen atoms in total. The van der Waals surface area contributed by atoms with Gasteiger partial charge in [0, 0.05) is 13.1 Å². The number of nitrogens with one attached hydrogen (secondary N) is 1. The lowest BCUT2D eigenvalue weighted by atomic mass is 10.1. The second-order valence-electron chi connectivity index (χ2n) is 5.98. The highest BCUT2D eigenvalue weighted by molar-refractivity contribution is 6.41. The zero-order chi connectivity index (χ0) is 18.8. The van der Waals surface area contributed by atoms with Crippen LogP contribution >= 0.6 is 23.2 Å². The number of nitrogens with zero attached hydrogens (tertiary/aromatic N) is 5. The number of rotatable bonds is 7. The minimum atomic E-state index is -1.06. The summed E-state index contributed by atoms with van der Waals surface area (Å²) in [5, 5.41) is 22.4. The number of halogens is 2. The Labute approximate surface area is 154 Å². The van der Waals surface area contributed by atoms with Crippen LogP contribution in [0.3, 0.4) is 0 Å². The van der Waals surface area contributed by atoms with Crippen molar-refractivity contribution < 1.29 is 9.72 Å². The fraction of sp³-hybridized carbons (Fsp3) is 0.500. The van der Waals surface area contributed by atoms with Crippen LogP contribution < -0.4 is 5.32 Å². The first-order chi connectivity index (χ1) is 11.6. The summed E-state index contributed by atoms with van der Waals surface area (Å²) in [7, 11) is 0. The van der Waals surface area contributed by atoms with Gasteiger partial charge in [0.1, 0.15) is 28.1 Å². The van der Waals surface area contributed by atoms with Gasteiger partial charge in [-0.2, -0.15) is 10.2 Å². The van der Waals surface area contributed by atoms with Crippen LogP contribution in [0, 0.1) is 17.0 Å². The number of aromatic nitrogens is 4. The van der Waals surface area contributed by atoms with Gasteiger partial charge in [-0.05, 0) is 27.2 Å². The first-order valence-corrected chi connectivity index (χ1v) is 8.26. The zero-order valence-electron chi connectivity index (χ0n) is 14.0. The molecule has 0 saturated carbocycles. The number of carbonyl (C=O) groups excluding carboxylic acids is 1. The number of carbonyl (C=O) groups is 1. The van der Waals surface area contributed by atoms with Gasteiger partial charge in [0.25, 0.3) is 0 Å². The van der Waals surface area contributed by atoms with E-state index in [4.69, 9.17) is 23.2 Å². The Morgan fingerprint density at radius 2 is 2.12 bits per heavy atom. The predicted octanol–water partition coefficient (Wildman–Crippen LogP) is 2.54. The third-order valence-corrected chi connectivity index (χ3v) is 4.67. The summed E-state index contributed by atoms with van der Waals surface area (Å²) in [5.41, 5.74) is -0.573. The maximum absolute atomic E-state index is 12.4. The maximum Gasteiger partial charge on any atom is 0.307 e. The molecule has 0 unspecified atom stereocenters. The topological polar surface area (TPSA) is 108 Å². The van der Waals surface area contributed by atoms with E-state index in [0.29, 0.717) is 35.4 Å². The Hall–Kier alpha value is -2.13. The highest BCUT2D eigenvalue weighted by Gasteiger charge is 2.31. The molecule has 0 fully saturated rings. The Balaban J connectivity index is 1.90. The summed E-state index contributed by atoms with van der Waals surface area (Å²) in [6.45, 7) is 5.91. The first-order valence-electron chi connectivity index (χ1n) is 7.51. The van der Waals surface area contributed by atoms with Crippen molar-refractivity contribution in [3.05, 3.63) is 38.4 Å². The molecule has 0 atom stereocenters. The number of amides is 1. The molecule has 2 aromatic heterocycles. The summed E-state index contributed by atoms with van der Waals surface area (Å²) in [6.07, 6.45) is 2.94. The van der Waals surface area contributed by atoms with Crippen LogP contribution in [0.5, 0.6) is 0 Å². The fourth-order valence-electron chi connectivity index (χ4n) is 2.14. The van der Waals surface area contributed by atoms with Crippen molar-refractivity contribution in [2.45, 2.75) is 39.3 Å². The van der Waals surface area contributed by atoms with Crippen LogP contribution in [0.2, 0.25) is 10.2 Å². The van der Waals surface area contributed by atoms with Gasteiger partial charge in [0.15, 0.2) is 0 Å². The Morgan fingerprint density at radius 3 is 2.64 bits per heavy atom. The molecule has 11 heteroatoms. The van der Waals surface area contributed by atoms with Gasteiger partial charge in [-0.25, -0.2) is 0 Å². The van der Waals surface area contributed by atoms with E-state index in [1.807, 2.05) is 0 Å². The lowest BCUT2D eigenvalue weighted by molar-refractivity contribution is -0.385. The fourth-order valence-corrected chi connectivity index (χ4v) is 2.54. The molecule has 2 rings (SSSR count). The van der Waals surface area contributed by atoms with E-state index >= 15 is 0 Å². The van der Waals surface area contributed by atoms with Gasteiger partial charge >= 0.3 is 5.69 Å². The first kappa shape index (κ1) is 19.2. The van der Waals surface area contributed by atoms with Gasteiger partial charge < -0.3 is 5.32 Å². The van der Waals surface area contributed by atoms with Crippen LogP contribution in [0.1, 0.15) is 26.0 Å². The highest BCUT2D eigenvalue weighted by Crippen LogP contribution is 2.25. The second kappa shape index (κ2) is 7.40. The van der Waals surface area contributed by atoms with Gasteiger partial charge in [-0.1, -0.05) is 23.2 Å². The molecule has 136 valence electrons. The summed E-state index contributed by atoms with van der Waals surface area (Å²) in [5.74, 6) is -0.300. The molecular weight excluding hydrogens is 371 g/mol. The monoisotopic (exact) mass is 388 g/mol. The molecule has 1 N–H and O–H groups in total. The summed E-state index contributed by atoms with van der Waals surface area (Å²) in [6, 6.07) is 0. The molecule has 0 spiro atoms. The molecular formula is C14H18Cl2N6O3. The predicted molar refractivity (Wildman–Crippen MR) is 92.8 cm³/mol. The van der Waals surface area contributed by atoms with Crippen LogP contribution in [-0.4, -0.2) is 36.9 Å². The molecule has 0 aromatic carbocycles. The average Bonchev–Trinajstić information content (AvgIpc) is 3.14. The third-order valence-electron chi connectivity index (χ3n) is 3.74. The molecule has 0 aliphatic carbocycles. The molecule has 1 amide bonds. The molecule has 2 heterocycles. The van der Waals surface area contributed by atoms with Gasteiger partial charge in [0.2, 0.25) is 5.91 Å². The van der Waals surface area contributed by atoms with Crippen LogP contribution in [-0.2, 0) is 16.9 Å². The molecule has 0 radical (unpaired) electrons. The molecule has 2 aromatic rings. The number of nitro groups is 1. The average molecular weight is 389 g/mol. The molecule has 25 heavy (non-hydrogen) atoms. The lowest BCUT2D eigenvalue weighted by Crippen LogP contribution is -2.45. The minimum absolute atomic E-state index is 0.165. The zero-order valence-corrected chi connectivity index (χ0v) is 15.5. The van der Waals surface area contributed by atoms with E-state index in [1.165, 1.54) is 10.9 Å². The van der Waals surface area contributed by atoms with Crippen molar-refractivity contribution in [2.75, 3.05) is 6.54 Å². The normalized spacial score (nSPS) is 11.6. The highest BCUT2D eigenvalue weighted by atomic mass is 35.5. The number of hydrogen-bond donors (Lipinski definition) is 1. The van der Waals surface area contributed by atoms with Crippen molar-refractivity contribution >= 4 is 34.8 Å². The standard InChI is InChI=1S/C14H18Cl2N6O3/c1-9-11(15)12(16)20(19-9)6-4-5-17-13(23)14(2,3)21-8-10(7-18-21)22(24)25/h7-8H,4-6H2,1-3H3,(H,17,23). The van der Waals surface area contributed by atoms with Gasteiger partial charge in [0.05, 0.1) is 10.6 Å². The number of hydrogen-bond acceptors (Lipinski definition) is 5. The van der Waals surface area contributed by atoms with E-state index in [0.717, 1.165) is 6.20 Å². The molecule has 0 saturated heterocycles. The maximum atomic E-state index is 12.4. The SMILES string of the molecule is Cc1nn(CCCNC(=O)C(C)(C)n2cc([N+](=O)[O-])cn2)c(Cl)c1Cl. The molecule has 0 aliphatic rings. The Morgan fingerprint density at radius 1 is 1.44 bits per heavy atom. The Kier molecular flexibility index (Phi) is 5.69. The lowest BCUT2D eigenvalue weighted by Gasteiger charge is -2.23. The van der Waals surface area contributed by atoms with Crippen molar-refractivity contribution in [1.82, 2.24) is 24.9 Å². The summed E-state index contributed by atoms with van der Waals surface area (Å²) >= 11 is 12.0. The van der Waals surface area contributed by atoms with Gasteiger partial charge in [-0.3, -0.25) is 24.3 Å². The van der Waals surface area contributed by atoms with Gasteiger partial charge in [-0.15, -0.1) is 0 Å². The van der Waals surface area contributed by atoms with E-state index in [1.54, 1.807) is 25.5 Å². The summed E-state index contributed by atoms with van der Waals surface area (Å²) in [4.78, 5) is 22.5. The van der Waals surface area contributed by atoms with Crippen LogP contribution in [0.25, 0.3) is 0 Å².